The van der Waals surface area contributed by atoms with E-state index < -0.39 is 23.5 Å². The van der Waals surface area contributed by atoms with Crippen molar-refractivity contribution in [2.45, 2.75) is 11.9 Å². The summed E-state index contributed by atoms with van der Waals surface area (Å²) in [6.45, 7) is 1.58. The third kappa shape index (κ3) is 3.62. The molecular weight excluding hydrogens is 440 g/mol. The van der Waals surface area contributed by atoms with Crippen molar-refractivity contribution in [2.75, 3.05) is 19.7 Å². The molecule has 1 N–H and O–H groups in total. The first-order chi connectivity index (χ1) is 15.5. The molecule has 2 aliphatic rings. The van der Waals surface area contributed by atoms with Gasteiger partial charge in [-0.1, -0.05) is 11.6 Å². The number of Topliss-reactive ketones (excluding diaryl/α,β-unsaturated/α-hetero) is 1. The number of fused-ring (bicyclic) bond motifs is 1. The fourth-order valence-electron chi connectivity index (χ4n) is 3.88. The number of halogens is 3. The number of carbonyl (C=O) groups is 1. The van der Waals surface area contributed by atoms with E-state index in [-0.39, 0.29) is 10.8 Å². The maximum absolute atomic E-state index is 13.7. The molecule has 0 bridgehead atoms. The highest BCUT2D eigenvalue weighted by atomic mass is 35.5. The van der Waals surface area contributed by atoms with Crippen molar-refractivity contribution in [1.29, 1.82) is 0 Å². The van der Waals surface area contributed by atoms with Crippen LogP contribution in [0.2, 0.25) is 5.02 Å². The topological polar surface area (TPSA) is 56.8 Å². The quantitative estimate of drug-likeness (QED) is 0.586. The number of ketones is 1. The summed E-state index contributed by atoms with van der Waals surface area (Å²) in [5.41, 5.74) is 1.20. The molecule has 2 unspecified atom stereocenters. The van der Waals surface area contributed by atoms with E-state index in [1.54, 1.807) is 18.2 Å². The van der Waals surface area contributed by atoms with Gasteiger partial charge < -0.3 is 19.5 Å². The molecule has 32 heavy (non-hydrogen) atoms. The van der Waals surface area contributed by atoms with E-state index in [0.29, 0.717) is 47.9 Å². The predicted octanol–water partition coefficient (Wildman–Crippen LogP) is 4.46. The van der Waals surface area contributed by atoms with Crippen LogP contribution in [0.1, 0.15) is 21.5 Å². The Balaban J connectivity index is 1.56. The van der Waals surface area contributed by atoms with Crippen molar-refractivity contribution in [3.63, 3.8) is 0 Å². The molecular formula is C24H18ClF2NO4. The molecule has 5 rings (SSSR count). The first-order valence-corrected chi connectivity index (χ1v) is 10.4. The molecule has 2 heterocycles. The number of benzene rings is 3. The summed E-state index contributed by atoms with van der Waals surface area (Å²) < 4.78 is 45.3. The maximum Gasteiger partial charge on any atom is 0.307 e. The lowest BCUT2D eigenvalue weighted by Crippen LogP contribution is -2.43. The molecule has 0 spiro atoms. The van der Waals surface area contributed by atoms with Gasteiger partial charge in [-0.3, -0.25) is 4.79 Å². The van der Waals surface area contributed by atoms with Gasteiger partial charge in [-0.15, -0.1) is 0 Å². The lowest BCUT2D eigenvalue weighted by molar-refractivity contribution is -0.0459. The van der Waals surface area contributed by atoms with E-state index in [4.69, 9.17) is 25.8 Å². The van der Waals surface area contributed by atoms with E-state index in [1.165, 1.54) is 36.4 Å². The fourth-order valence-corrected chi connectivity index (χ4v) is 4.18. The number of carbonyl (C=O) groups excluding carboxylic acids is 1. The highest BCUT2D eigenvalue weighted by molar-refractivity contribution is 6.31. The highest BCUT2D eigenvalue weighted by Gasteiger charge is 2.47. The average molecular weight is 458 g/mol. The summed E-state index contributed by atoms with van der Waals surface area (Å²) in [5, 5.41) is 3.21. The molecule has 2 atom stereocenters. The van der Waals surface area contributed by atoms with Gasteiger partial charge >= 0.3 is 5.79 Å². The van der Waals surface area contributed by atoms with Crippen LogP contribution in [-0.4, -0.2) is 31.6 Å². The second kappa shape index (κ2) is 8.16. The standard InChI is InChI=1S/C24H18ClF2NO4/c25-19-12-17(27)6-7-18(19)24(15-2-4-16(26)5-3-15)31-20-8-1-14(11-21(20)32-24)23(29)22-13-28-9-10-30-22/h1-8,11-12,22,28H,9-10,13H2. The number of morpholine rings is 1. The minimum absolute atomic E-state index is 0.0834. The van der Waals surface area contributed by atoms with Crippen LogP contribution >= 0.6 is 11.6 Å². The van der Waals surface area contributed by atoms with Crippen LogP contribution in [0, 0.1) is 11.6 Å². The van der Waals surface area contributed by atoms with Crippen molar-refractivity contribution in [3.8, 4) is 11.5 Å². The van der Waals surface area contributed by atoms with Gasteiger partial charge in [0.05, 0.1) is 17.2 Å². The van der Waals surface area contributed by atoms with Gasteiger partial charge in [0.2, 0.25) is 0 Å². The van der Waals surface area contributed by atoms with Crippen LogP contribution in [-0.2, 0) is 10.5 Å². The molecule has 164 valence electrons. The molecule has 0 amide bonds. The second-order valence-corrected chi connectivity index (χ2v) is 7.95. The monoisotopic (exact) mass is 457 g/mol. The van der Waals surface area contributed by atoms with Crippen molar-refractivity contribution in [3.05, 3.63) is 94.0 Å². The molecule has 3 aromatic carbocycles. The number of rotatable bonds is 4. The number of nitrogens with one attached hydrogen (secondary N) is 1. The lowest BCUT2D eigenvalue weighted by Gasteiger charge is -2.29. The summed E-state index contributed by atoms with van der Waals surface area (Å²) in [6.07, 6.45) is -0.586. The minimum Gasteiger partial charge on any atom is -0.440 e. The molecule has 1 saturated heterocycles. The number of hydrogen-bond donors (Lipinski definition) is 1. The Labute approximate surface area is 187 Å². The SMILES string of the molecule is O=C(c1ccc2c(c1)OC(c1ccc(F)cc1)(c1ccc(F)cc1Cl)O2)C1CNCCO1. The van der Waals surface area contributed by atoms with Gasteiger partial charge in [0.25, 0.3) is 0 Å². The molecule has 2 aliphatic heterocycles. The summed E-state index contributed by atoms with van der Waals surface area (Å²) in [6, 6.07) is 14.3. The van der Waals surface area contributed by atoms with Crippen molar-refractivity contribution in [2.24, 2.45) is 0 Å². The van der Waals surface area contributed by atoms with E-state index in [1.807, 2.05) is 0 Å². The Bertz CT molecular complexity index is 1180. The van der Waals surface area contributed by atoms with E-state index in [0.717, 1.165) is 6.07 Å². The van der Waals surface area contributed by atoms with E-state index >= 15 is 0 Å². The molecule has 3 aromatic rings. The van der Waals surface area contributed by atoms with Crippen LogP contribution in [0.3, 0.4) is 0 Å². The second-order valence-electron chi connectivity index (χ2n) is 7.54. The average Bonchev–Trinajstić information content (AvgIpc) is 3.19. The molecule has 8 heteroatoms. The summed E-state index contributed by atoms with van der Waals surface area (Å²) >= 11 is 6.35. The van der Waals surface area contributed by atoms with Gasteiger partial charge in [-0.05, 0) is 60.7 Å². The smallest absolute Gasteiger partial charge is 0.307 e. The maximum atomic E-state index is 13.7. The van der Waals surface area contributed by atoms with Crippen molar-refractivity contribution in [1.82, 2.24) is 5.32 Å². The number of hydrogen-bond acceptors (Lipinski definition) is 5. The van der Waals surface area contributed by atoms with Crippen molar-refractivity contribution < 1.29 is 27.8 Å². The van der Waals surface area contributed by atoms with Crippen LogP contribution < -0.4 is 14.8 Å². The third-order valence-electron chi connectivity index (χ3n) is 5.47. The first-order valence-electron chi connectivity index (χ1n) is 10.1. The molecule has 5 nitrogen and oxygen atoms in total. The molecule has 0 saturated carbocycles. The van der Waals surface area contributed by atoms with Crippen LogP contribution in [0.25, 0.3) is 0 Å². The lowest BCUT2D eigenvalue weighted by atomic mass is 9.97. The largest absolute Gasteiger partial charge is 0.440 e. The van der Waals surface area contributed by atoms with E-state index in [9.17, 15) is 13.6 Å². The third-order valence-corrected chi connectivity index (χ3v) is 5.78. The van der Waals surface area contributed by atoms with E-state index in [2.05, 4.69) is 5.32 Å². The van der Waals surface area contributed by atoms with Gasteiger partial charge in [0.1, 0.15) is 17.7 Å². The summed E-state index contributed by atoms with van der Waals surface area (Å²) in [5.74, 6) is -2.03. The zero-order valence-electron chi connectivity index (χ0n) is 16.7. The normalized spacial score (nSPS) is 22.0. The fraction of sp³-hybridized carbons (Fsp3) is 0.208. The predicted molar refractivity (Wildman–Crippen MR) is 113 cm³/mol. The Hall–Kier alpha value is -3.00. The van der Waals surface area contributed by atoms with Gasteiger partial charge in [-0.2, -0.15) is 0 Å². The molecule has 0 radical (unpaired) electrons. The summed E-state index contributed by atoms with van der Waals surface area (Å²) in [7, 11) is 0. The molecule has 0 aliphatic carbocycles. The Kier molecular flexibility index (Phi) is 5.33. The minimum atomic E-state index is -1.58. The number of ether oxygens (including phenoxy) is 3. The van der Waals surface area contributed by atoms with Gasteiger partial charge in [0.15, 0.2) is 17.3 Å². The Morgan fingerprint density at radius 2 is 1.72 bits per heavy atom. The molecule has 0 aromatic heterocycles. The Morgan fingerprint density at radius 3 is 2.44 bits per heavy atom. The zero-order valence-corrected chi connectivity index (χ0v) is 17.5. The zero-order chi connectivity index (χ0) is 22.3. The molecule has 1 fully saturated rings. The van der Waals surface area contributed by atoms with Crippen molar-refractivity contribution >= 4 is 17.4 Å². The highest BCUT2D eigenvalue weighted by Crippen LogP contribution is 2.49. The van der Waals surface area contributed by atoms with Gasteiger partial charge in [0, 0.05) is 24.2 Å². The van der Waals surface area contributed by atoms with Gasteiger partial charge in [-0.25, -0.2) is 8.78 Å². The van der Waals surface area contributed by atoms with Crippen LogP contribution in [0.15, 0.2) is 60.7 Å². The van der Waals surface area contributed by atoms with Crippen LogP contribution in [0.5, 0.6) is 11.5 Å². The first kappa shape index (κ1) is 20.9. The van der Waals surface area contributed by atoms with Crippen LogP contribution in [0.4, 0.5) is 8.78 Å². The summed E-state index contributed by atoms with van der Waals surface area (Å²) in [4.78, 5) is 12.9. The Morgan fingerprint density at radius 1 is 0.969 bits per heavy atom.